The molecule has 6 nitrogen and oxygen atoms in total. The monoisotopic (exact) mass is 390 g/mol. The summed E-state index contributed by atoms with van der Waals surface area (Å²) in [6.07, 6.45) is 2.55. The molecule has 1 aromatic heterocycles. The first-order valence-electron chi connectivity index (χ1n) is 9.16. The number of primary amides is 1. The maximum absolute atomic E-state index is 11.4. The maximum atomic E-state index is 11.4. The molecule has 2 heterocycles. The zero-order valence-electron chi connectivity index (χ0n) is 16.5. The van der Waals surface area contributed by atoms with Crippen LogP contribution in [-0.2, 0) is 17.6 Å². The van der Waals surface area contributed by atoms with E-state index in [-0.39, 0.29) is 5.91 Å². The number of carbonyl (C=O) groups is 2. The van der Waals surface area contributed by atoms with Crippen molar-refractivity contribution in [1.82, 2.24) is 5.32 Å². The summed E-state index contributed by atoms with van der Waals surface area (Å²) in [4.78, 5) is 22.6. The Labute approximate surface area is 165 Å². The maximum Gasteiger partial charge on any atom is 0.251 e. The van der Waals surface area contributed by atoms with Gasteiger partial charge in [-0.25, -0.2) is 0 Å². The molecule has 0 saturated carbocycles. The van der Waals surface area contributed by atoms with Crippen molar-refractivity contribution in [3.63, 3.8) is 0 Å². The van der Waals surface area contributed by atoms with Crippen molar-refractivity contribution in [3.05, 3.63) is 45.8 Å². The molecule has 0 spiro atoms. The summed E-state index contributed by atoms with van der Waals surface area (Å²) in [5.41, 5.74) is 9.28. The van der Waals surface area contributed by atoms with Gasteiger partial charge in [0.05, 0.1) is 5.56 Å². The molecule has 1 aliphatic heterocycles. The molecule has 0 fully saturated rings. The van der Waals surface area contributed by atoms with Gasteiger partial charge in [-0.05, 0) is 50.6 Å². The van der Waals surface area contributed by atoms with Crippen LogP contribution in [0.3, 0.4) is 0 Å². The van der Waals surface area contributed by atoms with Gasteiger partial charge < -0.3 is 21.7 Å². The molecule has 3 rings (SSSR count). The number of thiophene rings is 1. The highest BCUT2D eigenvalue weighted by atomic mass is 32.1. The van der Waals surface area contributed by atoms with Gasteiger partial charge in [-0.3, -0.25) is 9.59 Å². The minimum Gasteiger partial charge on any atom is -0.379 e. The fraction of sp³-hybridized carbons (Fsp3) is 0.400. The molecule has 0 bridgehead atoms. The predicted molar refractivity (Wildman–Crippen MR) is 115 cm³/mol. The SMILES string of the molecule is CC.CNc1sc2c(c1C(N)=O)CCNCC2.Cc1ccc(NC=O)cc1. The van der Waals surface area contributed by atoms with E-state index in [4.69, 9.17) is 5.73 Å². The van der Waals surface area contributed by atoms with Crippen LogP contribution in [0, 0.1) is 6.92 Å². The number of amides is 2. The topological polar surface area (TPSA) is 96.2 Å². The highest BCUT2D eigenvalue weighted by Crippen LogP contribution is 2.34. The van der Waals surface area contributed by atoms with Gasteiger partial charge in [0.2, 0.25) is 6.41 Å². The molecule has 2 aromatic rings. The Bertz CT molecular complexity index is 726. The third-order valence-electron chi connectivity index (χ3n) is 3.92. The van der Waals surface area contributed by atoms with E-state index in [0.717, 1.165) is 42.2 Å². The van der Waals surface area contributed by atoms with Crippen molar-refractivity contribution in [2.45, 2.75) is 33.6 Å². The van der Waals surface area contributed by atoms with Gasteiger partial charge in [0.25, 0.3) is 5.91 Å². The van der Waals surface area contributed by atoms with Crippen molar-refractivity contribution in [3.8, 4) is 0 Å². The molecule has 5 N–H and O–H groups in total. The Morgan fingerprint density at radius 1 is 1.19 bits per heavy atom. The Morgan fingerprint density at radius 2 is 1.81 bits per heavy atom. The van der Waals surface area contributed by atoms with E-state index >= 15 is 0 Å². The molecule has 1 aliphatic rings. The Morgan fingerprint density at radius 3 is 2.37 bits per heavy atom. The van der Waals surface area contributed by atoms with Crippen molar-refractivity contribution < 1.29 is 9.59 Å². The molecule has 148 valence electrons. The Hall–Kier alpha value is -2.38. The lowest BCUT2D eigenvalue weighted by Gasteiger charge is -2.02. The minimum atomic E-state index is -0.321. The largest absolute Gasteiger partial charge is 0.379 e. The van der Waals surface area contributed by atoms with E-state index in [1.54, 1.807) is 11.3 Å². The van der Waals surface area contributed by atoms with Crippen LogP contribution in [0.25, 0.3) is 0 Å². The predicted octanol–water partition coefficient (Wildman–Crippen LogP) is 3.17. The normalized spacial score (nSPS) is 12.1. The number of anilines is 2. The third-order valence-corrected chi connectivity index (χ3v) is 5.23. The lowest BCUT2D eigenvalue weighted by Crippen LogP contribution is -2.18. The van der Waals surface area contributed by atoms with Crippen molar-refractivity contribution in [2.24, 2.45) is 5.73 Å². The Balaban J connectivity index is 0.000000265. The molecule has 0 atom stereocenters. The number of hydrogen-bond donors (Lipinski definition) is 4. The summed E-state index contributed by atoms with van der Waals surface area (Å²) in [7, 11) is 1.83. The average molecular weight is 391 g/mol. The van der Waals surface area contributed by atoms with E-state index in [9.17, 15) is 9.59 Å². The average Bonchev–Trinajstić information content (AvgIpc) is 2.88. The minimum absolute atomic E-state index is 0.321. The van der Waals surface area contributed by atoms with Crippen LogP contribution in [-0.4, -0.2) is 32.5 Å². The van der Waals surface area contributed by atoms with E-state index in [2.05, 4.69) is 16.0 Å². The summed E-state index contributed by atoms with van der Waals surface area (Å²) < 4.78 is 0. The molecule has 0 aliphatic carbocycles. The number of benzene rings is 1. The molecule has 1 aromatic carbocycles. The fourth-order valence-electron chi connectivity index (χ4n) is 2.67. The van der Waals surface area contributed by atoms with Crippen LogP contribution in [0.4, 0.5) is 10.7 Å². The number of rotatable bonds is 4. The number of nitrogens with two attached hydrogens (primary N) is 1. The first-order chi connectivity index (χ1) is 13.1. The zero-order chi connectivity index (χ0) is 20.2. The lowest BCUT2D eigenvalue weighted by molar-refractivity contribution is -0.105. The highest BCUT2D eigenvalue weighted by Gasteiger charge is 2.22. The summed E-state index contributed by atoms with van der Waals surface area (Å²) in [6, 6.07) is 7.63. The number of fused-ring (bicyclic) bond motifs is 1. The number of aryl methyl sites for hydroxylation is 1. The zero-order valence-corrected chi connectivity index (χ0v) is 17.3. The third kappa shape index (κ3) is 6.69. The summed E-state index contributed by atoms with van der Waals surface area (Å²) in [6.45, 7) is 7.91. The summed E-state index contributed by atoms with van der Waals surface area (Å²) in [5, 5.41) is 9.84. The van der Waals surface area contributed by atoms with Crippen LogP contribution >= 0.6 is 11.3 Å². The standard InChI is InChI=1S/C10H15N3OS.C8H9NO.C2H6/c1-12-10-8(9(11)14)6-2-4-13-5-3-7(6)15-10;1-7-2-4-8(5-3-7)9-6-10;1-2/h12-13H,2-5H2,1H3,(H2,11,14);2-6H,1H3,(H,9,10);1-2H3. The van der Waals surface area contributed by atoms with Crippen molar-refractivity contribution in [2.75, 3.05) is 30.8 Å². The molecular formula is C20H30N4O2S. The molecule has 27 heavy (non-hydrogen) atoms. The molecule has 7 heteroatoms. The molecule has 0 unspecified atom stereocenters. The summed E-state index contributed by atoms with van der Waals surface area (Å²) >= 11 is 1.65. The molecular weight excluding hydrogens is 360 g/mol. The highest BCUT2D eigenvalue weighted by molar-refractivity contribution is 7.16. The summed E-state index contributed by atoms with van der Waals surface area (Å²) in [5.74, 6) is -0.321. The second-order valence-corrected chi connectivity index (χ2v) is 6.81. The van der Waals surface area contributed by atoms with E-state index < -0.39 is 0 Å². The van der Waals surface area contributed by atoms with Gasteiger partial charge in [0.1, 0.15) is 5.00 Å². The quantitative estimate of drug-likeness (QED) is 0.603. The van der Waals surface area contributed by atoms with Gasteiger partial charge in [-0.15, -0.1) is 11.3 Å². The van der Waals surface area contributed by atoms with Crippen LogP contribution in [0.15, 0.2) is 24.3 Å². The fourth-order valence-corrected chi connectivity index (χ4v) is 3.88. The van der Waals surface area contributed by atoms with Gasteiger partial charge in [0.15, 0.2) is 0 Å². The van der Waals surface area contributed by atoms with E-state index in [1.165, 1.54) is 10.4 Å². The van der Waals surface area contributed by atoms with Crippen LogP contribution in [0.1, 0.15) is 40.2 Å². The molecule has 0 saturated heterocycles. The van der Waals surface area contributed by atoms with E-state index in [0.29, 0.717) is 12.0 Å². The second kappa shape index (κ2) is 12.1. The molecule has 2 amide bonds. The molecule has 0 radical (unpaired) electrons. The van der Waals surface area contributed by atoms with Crippen LogP contribution in [0.5, 0.6) is 0 Å². The number of carbonyl (C=O) groups excluding carboxylic acids is 2. The smallest absolute Gasteiger partial charge is 0.251 e. The number of hydrogen-bond acceptors (Lipinski definition) is 5. The lowest BCUT2D eigenvalue weighted by atomic mass is 10.1. The Kier molecular flexibility index (Phi) is 10.1. The van der Waals surface area contributed by atoms with Crippen molar-refractivity contribution >= 4 is 34.3 Å². The first kappa shape index (κ1) is 22.7. The first-order valence-corrected chi connectivity index (χ1v) is 9.98. The van der Waals surface area contributed by atoms with Gasteiger partial charge in [-0.2, -0.15) is 0 Å². The van der Waals surface area contributed by atoms with Gasteiger partial charge >= 0.3 is 0 Å². The van der Waals surface area contributed by atoms with Crippen molar-refractivity contribution in [1.29, 1.82) is 0 Å². The second-order valence-electron chi connectivity index (χ2n) is 5.70. The van der Waals surface area contributed by atoms with Gasteiger partial charge in [-0.1, -0.05) is 31.5 Å². The van der Waals surface area contributed by atoms with Crippen LogP contribution in [0.2, 0.25) is 0 Å². The number of nitrogens with one attached hydrogen (secondary N) is 3. The van der Waals surface area contributed by atoms with E-state index in [1.807, 2.05) is 52.1 Å². The van der Waals surface area contributed by atoms with Crippen LogP contribution < -0.4 is 21.7 Å². The van der Waals surface area contributed by atoms with Gasteiger partial charge in [0, 0.05) is 17.6 Å².